The van der Waals surface area contributed by atoms with E-state index in [1.807, 2.05) is 11.9 Å². The highest BCUT2D eigenvalue weighted by atomic mass is 19.1. The summed E-state index contributed by atoms with van der Waals surface area (Å²) in [6, 6.07) is 3.56. The summed E-state index contributed by atoms with van der Waals surface area (Å²) in [5, 5.41) is 2.50. The van der Waals surface area contributed by atoms with E-state index in [2.05, 4.69) is 5.32 Å². The third kappa shape index (κ3) is 4.77. The second-order valence-corrected chi connectivity index (χ2v) is 5.73. The van der Waals surface area contributed by atoms with E-state index in [-0.39, 0.29) is 18.1 Å². The topological polar surface area (TPSA) is 32.3 Å². The molecule has 1 aromatic carbocycles. The maximum atomic E-state index is 13.5. The second kappa shape index (κ2) is 7.50. The minimum atomic E-state index is -0.750. The van der Waals surface area contributed by atoms with Gasteiger partial charge in [-0.1, -0.05) is 25.7 Å². The van der Waals surface area contributed by atoms with Crippen molar-refractivity contribution in [1.29, 1.82) is 0 Å². The van der Waals surface area contributed by atoms with Crippen molar-refractivity contribution >= 4 is 11.6 Å². The zero-order valence-electron chi connectivity index (χ0n) is 12.4. The molecule has 21 heavy (non-hydrogen) atoms. The summed E-state index contributed by atoms with van der Waals surface area (Å²) in [6.45, 7) is 0.224. The highest BCUT2D eigenvalue weighted by Gasteiger charge is 2.19. The van der Waals surface area contributed by atoms with Gasteiger partial charge in [-0.3, -0.25) is 9.69 Å². The summed E-state index contributed by atoms with van der Waals surface area (Å²) in [5.41, 5.74) is 0.0238. The summed E-state index contributed by atoms with van der Waals surface area (Å²) in [4.78, 5) is 14.0. The van der Waals surface area contributed by atoms with Gasteiger partial charge in [0.2, 0.25) is 5.91 Å². The van der Waals surface area contributed by atoms with E-state index in [9.17, 15) is 13.6 Å². The smallest absolute Gasteiger partial charge is 0.238 e. The fourth-order valence-corrected chi connectivity index (χ4v) is 2.83. The fourth-order valence-electron chi connectivity index (χ4n) is 2.83. The van der Waals surface area contributed by atoms with Crippen LogP contribution in [0.5, 0.6) is 0 Å². The number of halogens is 2. The predicted molar refractivity (Wildman–Crippen MR) is 79.1 cm³/mol. The minimum absolute atomic E-state index is 0.0238. The molecule has 2 rings (SSSR count). The molecule has 5 heteroatoms. The van der Waals surface area contributed by atoms with Crippen molar-refractivity contribution in [1.82, 2.24) is 4.90 Å². The van der Waals surface area contributed by atoms with Gasteiger partial charge in [0.25, 0.3) is 0 Å². The molecule has 1 amide bonds. The maximum absolute atomic E-state index is 13.5. The number of hydrogen-bond acceptors (Lipinski definition) is 2. The van der Waals surface area contributed by atoms with Crippen LogP contribution in [0.2, 0.25) is 0 Å². The number of nitrogens with zero attached hydrogens (tertiary/aromatic N) is 1. The van der Waals surface area contributed by atoms with Gasteiger partial charge in [0.15, 0.2) is 0 Å². The van der Waals surface area contributed by atoms with Crippen molar-refractivity contribution in [3.8, 4) is 0 Å². The molecule has 3 nitrogen and oxygen atoms in total. The highest BCUT2D eigenvalue weighted by Crippen LogP contribution is 2.21. The summed E-state index contributed by atoms with van der Waals surface area (Å²) < 4.78 is 26.3. The normalized spacial score (nSPS) is 16.8. The molecule has 1 N–H and O–H groups in total. The molecule has 0 radical (unpaired) electrons. The molecule has 0 aliphatic heterocycles. The highest BCUT2D eigenvalue weighted by molar-refractivity contribution is 5.92. The number of likely N-dealkylation sites (N-methyl/N-ethyl adjacent to an activating group) is 1. The standard InChI is InChI=1S/C16H22F2N2O/c1-20(13-6-4-2-3-5-7-13)11-16(21)19-15-9-8-12(17)10-14(15)18/h8-10,13H,2-7,11H2,1H3,(H,19,21). The van der Waals surface area contributed by atoms with E-state index < -0.39 is 11.6 Å². The molecule has 0 aromatic heterocycles. The molecule has 0 spiro atoms. The average Bonchev–Trinajstić information content (AvgIpc) is 2.71. The molecule has 0 saturated heterocycles. The Labute approximate surface area is 124 Å². The van der Waals surface area contributed by atoms with Crippen molar-refractivity contribution in [3.63, 3.8) is 0 Å². The molecule has 0 atom stereocenters. The Balaban J connectivity index is 1.88. The number of anilines is 1. The summed E-state index contributed by atoms with van der Waals surface area (Å²) in [6.07, 6.45) is 7.13. The van der Waals surface area contributed by atoms with Gasteiger partial charge in [0, 0.05) is 12.1 Å². The van der Waals surface area contributed by atoms with Crippen molar-refractivity contribution in [3.05, 3.63) is 29.8 Å². The van der Waals surface area contributed by atoms with Crippen LogP contribution in [0.25, 0.3) is 0 Å². The first-order valence-corrected chi connectivity index (χ1v) is 7.51. The number of benzene rings is 1. The third-order valence-electron chi connectivity index (χ3n) is 4.05. The summed E-state index contributed by atoms with van der Waals surface area (Å²) in [7, 11) is 1.93. The molecule has 0 unspecified atom stereocenters. The van der Waals surface area contributed by atoms with Gasteiger partial charge in [-0.15, -0.1) is 0 Å². The number of nitrogens with one attached hydrogen (secondary N) is 1. The van der Waals surface area contributed by atoms with Crippen LogP contribution in [0.1, 0.15) is 38.5 Å². The van der Waals surface area contributed by atoms with Crippen LogP contribution in [-0.4, -0.2) is 30.4 Å². The molecule has 0 heterocycles. The molecule has 1 aliphatic rings. The Kier molecular flexibility index (Phi) is 5.67. The maximum Gasteiger partial charge on any atom is 0.238 e. The lowest BCUT2D eigenvalue weighted by Crippen LogP contribution is -2.37. The molecular weight excluding hydrogens is 274 g/mol. The number of hydrogen-bond donors (Lipinski definition) is 1. The van der Waals surface area contributed by atoms with Gasteiger partial charge < -0.3 is 5.32 Å². The van der Waals surface area contributed by atoms with E-state index >= 15 is 0 Å². The van der Waals surface area contributed by atoms with Crippen LogP contribution in [0.15, 0.2) is 18.2 Å². The largest absolute Gasteiger partial charge is 0.322 e. The molecule has 116 valence electrons. The number of amides is 1. The lowest BCUT2D eigenvalue weighted by Gasteiger charge is -2.26. The van der Waals surface area contributed by atoms with E-state index in [0.717, 1.165) is 25.0 Å². The van der Waals surface area contributed by atoms with Crippen molar-refractivity contribution in [2.45, 2.75) is 44.6 Å². The van der Waals surface area contributed by atoms with Gasteiger partial charge in [0.1, 0.15) is 11.6 Å². The van der Waals surface area contributed by atoms with Crippen LogP contribution in [0.3, 0.4) is 0 Å². The van der Waals surface area contributed by atoms with Crippen LogP contribution < -0.4 is 5.32 Å². The predicted octanol–water partition coefficient (Wildman–Crippen LogP) is 3.56. The first kappa shape index (κ1) is 15.9. The Hall–Kier alpha value is -1.49. The van der Waals surface area contributed by atoms with E-state index in [1.165, 1.54) is 31.7 Å². The quantitative estimate of drug-likeness (QED) is 0.862. The molecule has 1 fully saturated rings. The molecule has 0 bridgehead atoms. The van der Waals surface area contributed by atoms with Crippen LogP contribution >= 0.6 is 0 Å². The Bertz CT molecular complexity index is 485. The Morgan fingerprint density at radius 3 is 2.52 bits per heavy atom. The third-order valence-corrected chi connectivity index (χ3v) is 4.05. The molecule has 1 aromatic rings. The van der Waals surface area contributed by atoms with Crippen molar-refractivity contribution in [2.75, 3.05) is 18.9 Å². The van der Waals surface area contributed by atoms with Gasteiger partial charge in [0.05, 0.1) is 12.2 Å². The molecular formula is C16H22F2N2O. The van der Waals surface area contributed by atoms with E-state index in [4.69, 9.17) is 0 Å². The van der Waals surface area contributed by atoms with Gasteiger partial charge in [-0.2, -0.15) is 0 Å². The number of carbonyl (C=O) groups excluding carboxylic acids is 1. The van der Waals surface area contributed by atoms with E-state index in [0.29, 0.717) is 6.04 Å². The zero-order valence-corrected chi connectivity index (χ0v) is 12.4. The molecule has 1 aliphatic carbocycles. The summed E-state index contributed by atoms with van der Waals surface area (Å²) in [5.74, 6) is -1.67. The summed E-state index contributed by atoms with van der Waals surface area (Å²) >= 11 is 0. The van der Waals surface area contributed by atoms with Crippen LogP contribution in [-0.2, 0) is 4.79 Å². The average molecular weight is 296 g/mol. The molecule has 1 saturated carbocycles. The second-order valence-electron chi connectivity index (χ2n) is 5.73. The van der Waals surface area contributed by atoms with Crippen molar-refractivity contribution in [2.24, 2.45) is 0 Å². The SMILES string of the molecule is CN(CC(=O)Nc1ccc(F)cc1F)C1CCCCCC1. The zero-order chi connectivity index (χ0) is 15.2. The van der Waals surface area contributed by atoms with Crippen LogP contribution in [0, 0.1) is 11.6 Å². The lowest BCUT2D eigenvalue weighted by atomic mass is 10.1. The first-order chi connectivity index (χ1) is 10.1. The Morgan fingerprint density at radius 1 is 1.24 bits per heavy atom. The van der Waals surface area contributed by atoms with Crippen molar-refractivity contribution < 1.29 is 13.6 Å². The number of rotatable bonds is 4. The van der Waals surface area contributed by atoms with Gasteiger partial charge >= 0.3 is 0 Å². The van der Waals surface area contributed by atoms with Gasteiger partial charge in [-0.25, -0.2) is 8.78 Å². The fraction of sp³-hybridized carbons (Fsp3) is 0.562. The van der Waals surface area contributed by atoms with Crippen LogP contribution in [0.4, 0.5) is 14.5 Å². The lowest BCUT2D eigenvalue weighted by molar-refractivity contribution is -0.117. The monoisotopic (exact) mass is 296 g/mol. The van der Waals surface area contributed by atoms with Gasteiger partial charge in [-0.05, 0) is 32.0 Å². The van der Waals surface area contributed by atoms with E-state index in [1.54, 1.807) is 0 Å². The minimum Gasteiger partial charge on any atom is -0.322 e. The Morgan fingerprint density at radius 2 is 1.90 bits per heavy atom. The number of carbonyl (C=O) groups is 1. The first-order valence-electron chi connectivity index (χ1n) is 7.51.